The van der Waals surface area contributed by atoms with Crippen molar-refractivity contribution in [3.05, 3.63) is 12.4 Å². The van der Waals surface area contributed by atoms with Crippen LogP contribution >= 0.6 is 11.6 Å². The molecule has 1 heterocycles. The molecule has 0 aromatic carbocycles. The maximum absolute atomic E-state index is 10.9. The fourth-order valence-electron chi connectivity index (χ4n) is 0.645. The van der Waals surface area contributed by atoms with Crippen molar-refractivity contribution >= 4 is 23.8 Å². The minimum atomic E-state index is -1.33. The predicted molar refractivity (Wildman–Crippen MR) is 41.4 cm³/mol. The molecule has 1 N–H and O–H groups in total. The summed E-state index contributed by atoms with van der Waals surface area (Å²) in [6.07, 6.45) is 4.24. The highest BCUT2D eigenvalue weighted by atomic mass is 35.5. The molecule has 1 rings (SSSR count). The van der Waals surface area contributed by atoms with E-state index in [1.54, 1.807) is 0 Å². The third-order valence-corrected chi connectivity index (χ3v) is 1.55. The lowest BCUT2D eigenvalue weighted by Gasteiger charge is -2.21. The topological polar surface area (TPSA) is 50.7 Å². The van der Waals surface area contributed by atoms with Gasteiger partial charge in [-0.15, -0.1) is 0 Å². The van der Waals surface area contributed by atoms with Gasteiger partial charge in [-0.25, -0.2) is 4.79 Å². The molecule has 0 saturated carbocycles. The van der Waals surface area contributed by atoms with Crippen molar-refractivity contribution in [2.24, 2.45) is 4.99 Å². The SMILES string of the molecule is COC(=O)C1(Cl)C=NC=CN1. The van der Waals surface area contributed by atoms with E-state index in [0.29, 0.717) is 0 Å². The highest BCUT2D eigenvalue weighted by molar-refractivity contribution is 6.42. The number of carbonyl (C=O) groups excluding carboxylic acids is 1. The van der Waals surface area contributed by atoms with Gasteiger partial charge in [0.05, 0.1) is 13.3 Å². The highest BCUT2D eigenvalue weighted by Crippen LogP contribution is 2.12. The minimum absolute atomic E-state index is 0.577. The second-order valence-corrected chi connectivity index (χ2v) is 2.54. The van der Waals surface area contributed by atoms with Gasteiger partial charge in [0.1, 0.15) is 0 Å². The number of aliphatic imine (C=N–C) groups is 1. The van der Waals surface area contributed by atoms with Gasteiger partial charge in [0, 0.05) is 12.4 Å². The van der Waals surface area contributed by atoms with E-state index in [-0.39, 0.29) is 0 Å². The zero-order valence-corrected chi connectivity index (χ0v) is 6.63. The molecule has 0 aromatic heterocycles. The fraction of sp³-hybridized carbons (Fsp3) is 0.333. The first-order valence-corrected chi connectivity index (χ1v) is 3.31. The van der Waals surface area contributed by atoms with Gasteiger partial charge in [0.2, 0.25) is 5.00 Å². The van der Waals surface area contributed by atoms with Crippen LogP contribution < -0.4 is 5.32 Å². The van der Waals surface area contributed by atoms with Crippen LogP contribution in [0.2, 0.25) is 0 Å². The molecule has 60 valence electrons. The van der Waals surface area contributed by atoms with E-state index in [2.05, 4.69) is 15.0 Å². The molecule has 11 heavy (non-hydrogen) atoms. The number of alkyl halides is 1. The molecule has 0 saturated heterocycles. The standard InChI is InChI=1S/C6H7ClN2O2/c1-11-5(10)6(7)4-8-2-3-9-6/h2-4,9H,1H3. The number of carbonyl (C=O) groups is 1. The number of nitrogens with zero attached hydrogens (tertiary/aromatic N) is 1. The molecular formula is C6H7ClN2O2. The smallest absolute Gasteiger partial charge is 0.353 e. The summed E-state index contributed by atoms with van der Waals surface area (Å²) >= 11 is 5.74. The van der Waals surface area contributed by atoms with Crippen LogP contribution in [0, 0.1) is 0 Å². The lowest BCUT2D eigenvalue weighted by Crippen LogP contribution is -2.47. The molecule has 0 aromatic rings. The molecule has 0 bridgehead atoms. The van der Waals surface area contributed by atoms with Crippen LogP contribution in [0.5, 0.6) is 0 Å². The van der Waals surface area contributed by atoms with Gasteiger partial charge in [-0.05, 0) is 0 Å². The zero-order chi connectivity index (χ0) is 8.32. The van der Waals surface area contributed by atoms with Crippen molar-refractivity contribution < 1.29 is 9.53 Å². The van der Waals surface area contributed by atoms with E-state index in [0.717, 1.165) is 0 Å². The van der Waals surface area contributed by atoms with Crippen LogP contribution in [0.1, 0.15) is 0 Å². The second-order valence-electron chi connectivity index (χ2n) is 1.94. The van der Waals surface area contributed by atoms with Gasteiger partial charge >= 0.3 is 5.97 Å². The monoisotopic (exact) mass is 174 g/mol. The summed E-state index contributed by atoms with van der Waals surface area (Å²) in [4.78, 5) is 13.3. The second kappa shape index (κ2) is 2.92. The molecule has 4 nitrogen and oxygen atoms in total. The Balaban J connectivity index is 2.75. The average Bonchev–Trinajstić information content (AvgIpc) is 2.04. The number of ether oxygens (including phenoxy) is 1. The molecule has 1 aliphatic heterocycles. The van der Waals surface area contributed by atoms with Gasteiger partial charge in [0.25, 0.3) is 0 Å². The van der Waals surface area contributed by atoms with Crippen molar-refractivity contribution in [2.45, 2.75) is 5.00 Å². The fourth-order valence-corrected chi connectivity index (χ4v) is 0.841. The predicted octanol–water partition coefficient (Wildman–Crippen LogP) is 0.240. The maximum Gasteiger partial charge on any atom is 0.353 e. The van der Waals surface area contributed by atoms with Gasteiger partial charge in [-0.2, -0.15) is 0 Å². The highest BCUT2D eigenvalue weighted by Gasteiger charge is 2.35. The Hall–Kier alpha value is -1.03. The molecule has 0 spiro atoms. The lowest BCUT2D eigenvalue weighted by molar-refractivity contribution is -0.142. The number of halogens is 1. The Bertz CT molecular complexity index is 227. The van der Waals surface area contributed by atoms with Crippen LogP contribution in [0.25, 0.3) is 0 Å². The van der Waals surface area contributed by atoms with Crippen LogP contribution in [-0.2, 0) is 9.53 Å². The Kier molecular flexibility index (Phi) is 2.14. The lowest BCUT2D eigenvalue weighted by atomic mass is 10.3. The molecule has 1 aliphatic rings. The Morgan fingerprint density at radius 3 is 3.00 bits per heavy atom. The Morgan fingerprint density at radius 2 is 2.55 bits per heavy atom. The molecule has 1 unspecified atom stereocenters. The molecule has 1 atom stereocenters. The summed E-state index contributed by atoms with van der Waals surface area (Å²) < 4.78 is 4.43. The quantitative estimate of drug-likeness (QED) is 0.352. The van der Waals surface area contributed by atoms with Crippen molar-refractivity contribution in [1.82, 2.24) is 5.32 Å². The number of hydrogen-bond acceptors (Lipinski definition) is 4. The number of esters is 1. The van der Waals surface area contributed by atoms with Crippen LogP contribution in [0.4, 0.5) is 0 Å². The van der Waals surface area contributed by atoms with Crippen molar-refractivity contribution in [1.29, 1.82) is 0 Å². The molecule has 0 aliphatic carbocycles. The summed E-state index contributed by atoms with van der Waals surface area (Å²) in [5, 5.41) is 2.61. The van der Waals surface area contributed by atoms with Crippen LogP contribution in [0.15, 0.2) is 17.4 Å². The maximum atomic E-state index is 10.9. The Morgan fingerprint density at radius 1 is 1.82 bits per heavy atom. The van der Waals surface area contributed by atoms with Gasteiger partial charge < -0.3 is 10.1 Å². The molecular weight excluding hydrogens is 168 g/mol. The van der Waals surface area contributed by atoms with Gasteiger partial charge in [-0.3, -0.25) is 4.99 Å². The first kappa shape index (κ1) is 8.07. The van der Waals surface area contributed by atoms with E-state index >= 15 is 0 Å². The van der Waals surface area contributed by atoms with E-state index in [9.17, 15) is 4.79 Å². The Labute approximate surface area is 68.9 Å². The number of methoxy groups -OCH3 is 1. The van der Waals surface area contributed by atoms with Gasteiger partial charge in [-0.1, -0.05) is 11.6 Å². The first-order valence-electron chi connectivity index (χ1n) is 2.93. The minimum Gasteiger partial charge on any atom is -0.466 e. The van der Waals surface area contributed by atoms with Crippen molar-refractivity contribution in [2.75, 3.05) is 7.11 Å². The van der Waals surface area contributed by atoms with Crippen LogP contribution in [0.3, 0.4) is 0 Å². The van der Waals surface area contributed by atoms with E-state index in [4.69, 9.17) is 11.6 Å². The van der Waals surface area contributed by atoms with E-state index < -0.39 is 11.0 Å². The number of hydrogen-bond donors (Lipinski definition) is 1. The van der Waals surface area contributed by atoms with E-state index in [1.165, 1.54) is 25.7 Å². The summed E-state index contributed by atoms with van der Waals surface area (Å²) in [5.74, 6) is -0.577. The normalized spacial score (nSPS) is 27.8. The summed E-state index contributed by atoms with van der Waals surface area (Å²) in [6, 6.07) is 0. The largest absolute Gasteiger partial charge is 0.466 e. The molecule has 0 amide bonds. The third kappa shape index (κ3) is 1.51. The summed E-state index contributed by atoms with van der Waals surface area (Å²) in [7, 11) is 1.26. The number of nitrogens with one attached hydrogen (secondary N) is 1. The number of rotatable bonds is 1. The van der Waals surface area contributed by atoms with Gasteiger partial charge in [0.15, 0.2) is 0 Å². The summed E-state index contributed by atoms with van der Waals surface area (Å²) in [5.41, 5.74) is 0. The van der Waals surface area contributed by atoms with E-state index in [1.807, 2.05) is 0 Å². The molecule has 0 fully saturated rings. The van der Waals surface area contributed by atoms with Crippen molar-refractivity contribution in [3.63, 3.8) is 0 Å². The van der Waals surface area contributed by atoms with Crippen molar-refractivity contribution in [3.8, 4) is 0 Å². The molecule has 5 heteroatoms. The van der Waals surface area contributed by atoms with Crippen LogP contribution in [-0.4, -0.2) is 24.3 Å². The summed E-state index contributed by atoms with van der Waals surface area (Å²) in [6.45, 7) is 0. The average molecular weight is 175 g/mol. The zero-order valence-electron chi connectivity index (χ0n) is 5.87. The molecule has 0 radical (unpaired) electrons. The third-order valence-electron chi connectivity index (χ3n) is 1.19. The first-order chi connectivity index (χ1) is 5.19.